The minimum Gasteiger partial charge on any atom is -0.399 e. The van der Waals surface area contributed by atoms with Gasteiger partial charge in [0.1, 0.15) is 0 Å². The SMILES string of the molecule is Nc1ccc2c(c1)c(=O)[nH]n2Cc1ccccc1.O=c1[nH]n(Cc2ccccc2)c2ccc([N+](=O)[O-])cc12. The zero-order chi connectivity index (χ0) is 26.6. The van der Waals surface area contributed by atoms with Crippen LogP contribution >= 0.6 is 0 Å². The second-order valence-electron chi connectivity index (χ2n) is 8.76. The van der Waals surface area contributed by atoms with Gasteiger partial charge in [0.15, 0.2) is 0 Å². The van der Waals surface area contributed by atoms with Crippen LogP contribution in [0.15, 0.2) is 107 Å². The minimum atomic E-state index is -0.507. The van der Waals surface area contributed by atoms with Crippen LogP contribution in [0.5, 0.6) is 0 Å². The first-order valence-corrected chi connectivity index (χ1v) is 11.8. The normalized spacial score (nSPS) is 10.8. The Morgan fingerprint density at radius 1 is 0.684 bits per heavy atom. The number of hydrogen-bond acceptors (Lipinski definition) is 5. The Morgan fingerprint density at radius 2 is 1.16 bits per heavy atom. The number of benzene rings is 4. The van der Waals surface area contributed by atoms with Gasteiger partial charge in [0, 0.05) is 17.8 Å². The fourth-order valence-electron chi connectivity index (χ4n) is 4.29. The molecule has 0 aliphatic carbocycles. The third kappa shape index (κ3) is 5.09. The van der Waals surface area contributed by atoms with Gasteiger partial charge in [-0.3, -0.25) is 39.3 Å². The van der Waals surface area contributed by atoms with E-state index >= 15 is 0 Å². The first-order chi connectivity index (χ1) is 18.4. The molecule has 0 saturated heterocycles. The molecule has 190 valence electrons. The molecule has 0 amide bonds. The fraction of sp³-hybridized carbons (Fsp3) is 0.0714. The molecule has 0 atom stereocenters. The number of nitrogens with two attached hydrogens (primary N) is 1. The molecule has 10 heteroatoms. The Kier molecular flexibility index (Phi) is 6.60. The van der Waals surface area contributed by atoms with E-state index in [-0.39, 0.29) is 16.8 Å². The van der Waals surface area contributed by atoms with Crippen molar-refractivity contribution in [2.45, 2.75) is 13.1 Å². The molecule has 4 N–H and O–H groups in total. The van der Waals surface area contributed by atoms with Gasteiger partial charge in [0.05, 0.1) is 39.8 Å². The maximum Gasteiger partial charge on any atom is 0.272 e. The van der Waals surface area contributed by atoms with Gasteiger partial charge in [0.2, 0.25) is 0 Å². The molecule has 2 aromatic heterocycles. The molecule has 0 unspecified atom stereocenters. The molecule has 0 bridgehead atoms. The number of nitro groups is 1. The van der Waals surface area contributed by atoms with Crippen molar-refractivity contribution in [1.82, 2.24) is 19.6 Å². The number of fused-ring (bicyclic) bond motifs is 2. The van der Waals surface area contributed by atoms with E-state index in [1.807, 2.05) is 71.4 Å². The number of nitrogens with zero attached hydrogens (tertiary/aromatic N) is 3. The molecule has 6 aromatic rings. The average Bonchev–Trinajstić information content (AvgIpc) is 3.40. The van der Waals surface area contributed by atoms with Gasteiger partial charge in [-0.2, -0.15) is 0 Å². The van der Waals surface area contributed by atoms with Crippen molar-refractivity contribution in [3.63, 3.8) is 0 Å². The van der Waals surface area contributed by atoms with E-state index in [2.05, 4.69) is 10.2 Å². The molecule has 0 aliphatic rings. The summed E-state index contributed by atoms with van der Waals surface area (Å²) in [6.07, 6.45) is 0. The summed E-state index contributed by atoms with van der Waals surface area (Å²) in [7, 11) is 0. The lowest BCUT2D eigenvalue weighted by atomic mass is 10.2. The standard InChI is InChI=1S/C14H11N3O3.C14H13N3O/c18-14-12-8-11(17(19)20)6-7-13(12)16(15-14)9-10-4-2-1-3-5-10;15-11-6-7-13-12(8-11)14(18)16-17(13)9-10-4-2-1-3-5-10/h1-8H,9H2,(H,15,18);1-8H,9,15H2,(H,16,18). The Balaban J connectivity index is 0.000000156. The molecule has 6 rings (SSSR count). The molecule has 38 heavy (non-hydrogen) atoms. The lowest BCUT2D eigenvalue weighted by Crippen LogP contribution is -2.06. The Hall–Kier alpha value is -5.38. The average molecular weight is 509 g/mol. The molecule has 4 aromatic carbocycles. The zero-order valence-electron chi connectivity index (χ0n) is 20.2. The summed E-state index contributed by atoms with van der Waals surface area (Å²) in [4.78, 5) is 33.9. The third-order valence-electron chi connectivity index (χ3n) is 6.12. The van der Waals surface area contributed by atoms with Gasteiger partial charge >= 0.3 is 0 Å². The van der Waals surface area contributed by atoms with Crippen molar-refractivity contribution in [2.75, 3.05) is 5.73 Å². The largest absolute Gasteiger partial charge is 0.399 e. The smallest absolute Gasteiger partial charge is 0.272 e. The van der Waals surface area contributed by atoms with Crippen molar-refractivity contribution < 1.29 is 4.92 Å². The molecular formula is C28H24N6O4. The highest BCUT2D eigenvalue weighted by Crippen LogP contribution is 2.19. The van der Waals surface area contributed by atoms with Crippen molar-refractivity contribution in [3.05, 3.63) is 139 Å². The number of H-pyrrole nitrogens is 2. The number of anilines is 1. The quantitative estimate of drug-likeness (QED) is 0.181. The van der Waals surface area contributed by atoms with Crippen molar-refractivity contribution in [3.8, 4) is 0 Å². The van der Waals surface area contributed by atoms with Crippen LogP contribution in [0.1, 0.15) is 11.1 Å². The molecule has 2 heterocycles. The second kappa shape index (κ2) is 10.3. The monoisotopic (exact) mass is 508 g/mol. The summed E-state index contributed by atoms with van der Waals surface area (Å²) in [5, 5.41) is 17.2. The molecule has 0 aliphatic heterocycles. The van der Waals surface area contributed by atoms with E-state index in [9.17, 15) is 19.7 Å². The van der Waals surface area contributed by atoms with E-state index in [0.29, 0.717) is 35.1 Å². The third-order valence-corrected chi connectivity index (χ3v) is 6.12. The molecule has 0 spiro atoms. The number of nitrogen functional groups attached to an aromatic ring is 1. The highest BCUT2D eigenvalue weighted by Gasteiger charge is 2.12. The Morgan fingerprint density at radius 3 is 1.66 bits per heavy atom. The number of hydrogen-bond donors (Lipinski definition) is 3. The first kappa shape index (κ1) is 24.3. The van der Waals surface area contributed by atoms with Gasteiger partial charge in [-0.1, -0.05) is 60.7 Å². The Labute approximate surface area is 215 Å². The van der Waals surface area contributed by atoms with Crippen molar-refractivity contribution >= 4 is 33.2 Å². The van der Waals surface area contributed by atoms with Crippen LogP contribution in [0.2, 0.25) is 0 Å². The number of non-ortho nitro benzene ring substituents is 1. The molecule has 0 fully saturated rings. The van der Waals surface area contributed by atoms with Crippen LogP contribution < -0.4 is 16.9 Å². The van der Waals surface area contributed by atoms with E-state index in [1.165, 1.54) is 12.1 Å². The predicted octanol–water partition coefficient (Wildman–Crippen LogP) is 4.25. The number of nitro benzene ring substituents is 1. The predicted molar refractivity (Wildman–Crippen MR) is 147 cm³/mol. The van der Waals surface area contributed by atoms with Crippen LogP contribution in [-0.2, 0) is 13.1 Å². The maximum atomic E-state index is 11.9. The summed E-state index contributed by atoms with van der Waals surface area (Å²) in [6.45, 7) is 1.15. The van der Waals surface area contributed by atoms with Gasteiger partial charge in [-0.25, -0.2) is 0 Å². The maximum absolute atomic E-state index is 11.9. The summed E-state index contributed by atoms with van der Waals surface area (Å²) < 4.78 is 3.53. The highest BCUT2D eigenvalue weighted by atomic mass is 16.6. The van der Waals surface area contributed by atoms with Crippen LogP contribution in [0.3, 0.4) is 0 Å². The van der Waals surface area contributed by atoms with E-state index in [4.69, 9.17) is 5.73 Å². The number of aromatic amines is 2. The van der Waals surface area contributed by atoms with Crippen LogP contribution in [-0.4, -0.2) is 24.5 Å². The summed E-state index contributed by atoms with van der Waals surface area (Å²) in [5.41, 5.74) is 9.50. The second-order valence-corrected chi connectivity index (χ2v) is 8.76. The van der Waals surface area contributed by atoms with Crippen LogP contribution in [0.25, 0.3) is 21.8 Å². The highest BCUT2D eigenvalue weighted by molar-refractivity contribution is 5.82. The van der Waals surface area contributed by atoms with Crippen LogP contribution in [0, 0.1) is 10.1 Å². The fourth-order valence-corrected chi connectivity index (χ4v) is 4.29. The van der Waals surface area contributed by atoms with Gasteiger partial charge < -0.3 is 5.73 Å². The number of aromatic nitrogens is 4. The number of rotatable bonds is 5. The summed E-state index contributed by atoms with van der Waals surface area (Å²) in [6, 6.07) is 29.3. The molecular weight excluding hydrogens is 484 g/mol. The van der Waals surface area contributed by atoms with Gasteiger partial charge in [-0.15, -0.1) is 0 Å². The van der Waals surface area contributed by atoms with Gasteiger partial charge in [-0.05, 0) is 35.4 Å². The van der Waals surface area contributed by atoms with E-state index < -0.39 is 4.92 Å². The van der Waals surface area contributed by atoms with E-state index in [1.54, 1.807) is 22.9 Å². The summed E-state index contributed by atoms with van der Waals surface area (Å²) >= 11 is 0. The molecule has 0 radical (unpaired) electrons. The van der Waals surface area contributed by atoms with E-state index in [0.717, 1.165) is 16.6 Å². The molecule has 0 saturated carbocycles. The van der Waals surface area contributed by atoms with Crippen molar-refractivity contribution in [1.29, 1.82) is 0 Å². The van der Waals surface area contributed by atoms with Crippen LogP contribution in [0.4, 0.5) is 11.4 Å². The number of nitrogens with one attached hydrogen (secondary N) is 2. The minimum absolute atomic E-state index is 0.0829. The lowest BCUT2D eigenvalue weighted by molar-refractivity contribution is -0.384. The topological polar surface area (TPSA) is 145 Å². The zero-order valence-corrected chi connectivity index (χ0v) is 20.2. The molecule has 10 nitrogen and oxygen atoms in total. The lowest BCUT2D eigenvalue weighted by Gasteiger charge is -2.04. The first-order valence-electron chi connectivity index (χ1n) is 11.8. The van der Waals surface area contributed by atoms with Crippen molar-refractivity contribution in [2.24, 2.45) is 0 Å². The summed E-state index contributed by atoms with van der Waals surface area (Å²) in [5.74, 6) is 0. The van der Waals surface area contributed by atoms with Gasteiger partial charge in [0.25, 0.3) is 16.8 Å². The Bertz CT molecular complexity index is 1850.